The molecule has 162 valence electrons. The SMILES string of the molecule is COC(=O)c1ccc(CC(C(=O)Nc2ccc(C)cc2)c2ccc(C(C)(C)C)cc2)s1. The number of hydrogen-bond donors (Lipinski definition) is 1. The van der Waals surface area contributed by atoms with E-state index in [0.717, 1.165) is 21.7 Å². The van der Waals surface area contributed by atoms with Crippen molar-refractivity contribution in [1.82, 2.24) is 0 Å². The van der Waals surface area contributed by atoms with Crippen LogP contribution in [0.15, 0.2) is 60.7 Å². The van der Waals surface area contributed by atoms with Crippen molar-refractivity contribution in [2.24, 2.45) is 0 Å². The molecule has 1 N–H and O–H groups in total. The molecule has 1 heterocycles. The maximum atomic E-state index is 13.3. The van der Waals surface area contributed by atoms with E-state index >= 15 is 0 Å². The van der Waals surface area contributed by atoms with Crippen molar-refractivity contribution in [2.45, 2.75) is 45.4 Å². The first-order valence-corrected chi connectivity index (χ1v) is 11.1. The van der Waals surface area contributed by atoms with E-state index in [2.05, 4.69) is 38.2 Å². The van der Waals surface area contributed by atoms with Crippen LogP contribution in [0.5, 0.6) is 0 Å². The van der Waals surface area contributed by atoms with Crippen LogP contribution >= 0.6 is 11.3 Å². The third-order valence-electron chi connectivity index (χ3n) is 5.27. The third kappa shape index (κ3) is 5.82. The van der Waals surface area contributed by atoms with Gasteiger partial charge in [-0.3, -0.25) is 4.79 Å². The number of hydrogen-bond acceptors (Lipinski definition) is 4. The van der Waals surface area contributed by atoms with Gasteiger partial charge < -0.3 is 10.1 Å². The summed E-state index contributed by atoms with van der Waals surface area (Å²) in [6.07, 6.45) is 0.508. The van der Waals surface area contributed by atoms with Crippen LogP contribution in [-0.4, -0.2) is 19.0 Å². The fraction of sp³-hybridized carbons (Fsp3) is 0.308. The molecule has 0 saturated carbocycles. The van der Waals surface area contributed by atoms with Gasteiger partial charge in [0.1, 0.15) is 4.88 Å². The Morgan fingerprint density at radius 3 is 2.19 bits per heavy atom. The Labute approximate surface area is 188 Å². The predicted molar refractivity (Wildman–Crippen MR) is 127 cm³/mol. The van der Waals surface area contributed by atoms with Gasteiger partial charge >= 0.3 is 5.97 Å². The molecule has 0 fully saturated rings. The Kier molecular flexibility index (Phi) is 6.96. The number of benzene rings is 2. The molecule has 0 bridgehead atoms. The Morgan fingerprint density at radius 2 is 1.61 bits per heavy atom. The maximum Gasteiger partial charge on any atom is 0.348 e. The van der Waals surface area contributed by atoms with Crippen molar-refractivity contribution in [2.75, 3.05) is 12.4 Å². The molecule has 1 aromatic heterocycles. The van der Waals surface area contributed by atoms with E-state index in [1.165, 1.54) is 24.0 Å². The maximum absolute atomic E-state index is 13.3. The number of ether oxygens (including phenoxy) is 1. The van der Waals surface area contributed by atoms with Crippen molar-refractivity contribution in [3.63, 3.8) is 0 Å². The molecule has 3 rings (SSSR count). The highest BCUT2D eigenvalue weighted by Gasteiger charge is 2.24. The van der Waals surface area contributed by atoms with Crippen LogP contribution in [-0.2, 0) is 21.4 Å². The van der Waals surface area contributed by atoms with Crippen LogP contribution in [0.25, 0.3) is 0 Å². The van der Waals surface area contributed by atoms with E-state index in [9.17, 15) is 9.59 Å². The second kappa shape index (κ2) is 9.48. The number of carbonyl (C=O) groups excluding carboxylic acids is 2. The smallest absolute Gasteiger partial charge is 0.348 e. The quantitative estimate of drug-likeness (QED) is 0.476. The summed E-state index contributed by atoms with van der Waals surface area (Å²) in [6.45, 7) is 8.53. The average molecular weight is 436 g/mol. The minimum atomic E-state index is -0.375. The van der Waals surface area contributed by atoms with E-state index in [0.29, 0.717) is 11.3 Å². The van der Waals surface area contributed by atoms with Gasteiger partial charge in [0.15, 0.2) is 0 Å². The summed E-state index contributed by atoms with van der Waals surface area (Å²) < 4.78 is 4.81. The van der Waals surface area contributed by atoms with Crippen molar-refractivity contribution in [3.05, 3.63) is 87.1 Å². The molecule has 1 atom stereocenters. The van der Waals surface area contributed by atoms with E-state index in [4.69, 9.17) is 4.74 Å². The highest BCUT2D eigenvalue weighted by molar-refractivity contribution is 7.13. The lowest BCUT2D eigenvalue weighted by molar-refractivity contribution is -0.117. The summed E-state index contributed by atoms with van der Waals surface area (Å²) in [6, 6.07) is 19.7. The first-order chi connectivity index (χ1) is 14.7. The molecule has 1 amide bonds. The van der Waals surface area contributed by atoms with Gasteiger partial charge in [-0.2, -0.15) is 0 Å². The lowest BCUT2D eigenvalue weighted by atomic mass is 9.85. The highest BCUT2D eigenvalue weighted by atomic mass is 32.1. The zero-order valence-corrected chi connectivity index (χ0v) is 19.5. The van der Waals surface area contributed by atoms with Crippen LogP contribution in [0.3, 0.4) is 0 Å². The number of thiophene rings is 1. The van der Waals surface area contributed by atoms with Gasteiger partial charge in [-0.05, 0) is 54.2 Å². The Morgan fingerprint density at radius 1 is 0.968 bits per heavy atom. The van der Waals surface area contributed by atoms with Gasteiger partial charge in [0.2, 0.25) is 5.91 Å². The number of nitrogens with one attached hydrogen (secondary N) is 1. The Hall–Kier alpha value is -2.92. The molecule has 4 nitrogen and oxygen atoms in total. The molecule has 31 heavy (non-hydrogen) atoms. The fourth-order valence-electron chi connectivity index (χ4n) is 3.34. The van der Waals surface area contributed by atoms with Crippen molar-refractivity contribution >= 4 is 28.9 Å². The van der Waals surface area contributed by atoms with Crippen molar-refractivity contribution in [3.8, 4) is 0 Å². The van der Waals surface area contributed by atoms with Crippen LogP contribution in [0.2, 0.25) is 0 Å². The molecule has 0 aliphatic rings. The largest absolute Gasteiger partial charge is 0.465 e. The van der Waals surface area contributed by atoms with Crippen molar-refractivity contribution in [1.29, 1.82) is 0 Å². The standard InChI is InChI=1S/C26H29NO3S/c1-17-6-12-20(13-7-17)27-24(28)22(16-21-14-15-23(31-21)25(29)30-5)18-8-10-19(11-9-18)26(2,3)4/h6-15,22H,16H2,1-5H3,(H,27,28). The van der Waals surface area contributed by atoms with E-state index in [1.807, 2.05) is 49.4 Å². The number of aryl methyl sites for hydroxylation is 1. The summed E-state index contributed by atoms with van der Waals surface area (Å²) in [7, 11) is 1.37. The van der Waals surface area contributed by atoms with Crippen LogP contribution in [0.1, 0.15) is 57.9 Å². The lowest BCUT2D eigenvalue weighted by Gasteiger charge is -2.21. The minimum Gasteiger partial charge on any atom is -0.465 e. The molecule has 2 aromatic carbocycles. The number of rotatable bonds is 6. The molecule has 0 saturated heterocycles. The highest BCUT2D eigenvalue weighted by Crippen LogP contribution is 2.30. The molecule has 0 aliphatic carbocycles. The first kappa shape index (κ1) is 22.8. The predicted octanol–water partition coefficient (Wildman–Crippen LogP) is 6.11. The normalized spacial score (nSPS) is 12.3. The number of anilines is 1. The van der Waals surface area contributed by atoms with E-state index in [-0.39, 0.29) is 23.2 Å². The second-order valence-corrected chi connectivity index (χ2v) is 9.91. The van der Waals surface area contributed by atoms with Crippen molar-refractivity contribution < 1.29 is 14.3 Å². The third-order valence-corrected chi connectivity index (χ3v) is 6.36. The zero-order valence-electron chi connectivity index (χ0n) is 18.7. The van der Waals surface area contributed by atoms with Crippen LogP contribution < -0.4 is 5.32 Å². The van der Waals surface area contributed by atoms with Crippen LogP contribution in [0.4, 0.5) is 5.69 Å². The second-order valence-electron chi connectivity index (χ2n) is 8.74. The summed E-state index contributed by atoms with van der Waals surface area (Å²) >= 11 is 1.37. The number of esters is 1. The average Bonchev–Trinajstić information content (AvgIpc) is 3.21. The summed E-state index contributed by atoms with van der Waals surface area (Å²) in [5.41, 5.74) is 4.12. The topological polar surface area (TPSA) is 55.4 Å². The summed E-state index contributed by atoms with van der Waals surface area (Å²) in [5.74, 6) is -0.800. The van der Waals surface area contributed by atoms with E-state index in [1.54, 1.807) is 6.07 Å². The minimum absolute atomic E-state index is 0.0430. The van der Waals surface area contributed by atoms with Crippen LogP contribution in [0, 0.1) is 6.92 Å². The van der Waals surface area contributed by atoms with Gasteiger partial charge in [-0.1, -0.05) is 62.7 Å². The summed E-state index contributed by atoms with van der Waals surface area (Å²) in [4.78, 5) is 26.6. The van der Waals surface area contributed by atoms with E-state index < -0.39 is 0 Å². The molecule has 0 aliphatic heterocycles. The fourth-order valence-corrected chi connectivity index (χ4v) is 4.31. The number of carbonyl (C=O) groups is 2. The summed E-state index contributed by atoms with van der Waals surface area (Å²) in [5, 5.41) is 3.05. The van der Waals surface area contributed by atoms with Gasteiger partial charge in [-0.25, -0.2) is 4.79 Å². The Balaban J connectivity index is 1.89. The molecular formula is C26H29NO3S. The lowest BCUT2D eigenvalue weighted by Crippen LogP contribution is -2.23. The zero-order chi connectivity index (χ0) is 22.6. The molecule has 3 aromatic rings. The number of methoxy groups -OCH3 is 1. The molecule has 5 heteroatoms. The molecule has 0 radical (unpaired) electrons. The van der Waals surface area contributed by atoms with Gasteiger partial charge in [0.25, 0.3) is 0 Å². The Bertz CT molecular complexity index is 1040. The van der Waals surface area contributed by atoms with Gasteiger partial charge in [-0.15, -0.1) is 11.3 Å². The molecule has 1 unspecified atom stereocenters. The van der Waals surface area contributed by atoms with Gasteiger partial charge in [0.05, 0.1) is 13.0 Å². The molecular weight excluding hydrogens is 406 g/mol. The van der Waals surface area contributed by atoms with Gasteiger partial charge in [0, 0.05) is 10.6 Å². The monoisotopic (exact) mass is 435 g/mol. The number of amides is 1. The first-order valence-electron chi connectivity index (χ1n) is 10.3. The molecule has 0 spiro atoms.